The zero-order valence-electron chi connectivity index (χ0n) is 13.7. The van der Waals surface area contributed by atoms with Gasteiger partial charge >= 0.3 is 0 Å². The van der Waals surface area contributed by atoms with Crippen LogP contribution in [-0.4, -0.2) is 59.2 Å². The van der Waals surface area contributed by atoms with Crippen molar-refractivity contribution >= 4 is 17.4 Å². The topological polar surface area (TPSA) is 102 Å². The van der Waals surface area contributed by atoms with Gasteiger partial charge in [-0.3, -0.25) is 14.9 Å². The minimum absolute atomic E-state index is 0.0852. The number of amides is 1. The molecule has 0 saturated carbocycles. The van der Waals surface area contributed by atoms with E-state index in [1.807, 2.05) is 11.0 Å². The molecule has 1 aromatic carbocycles. The van der Waals surface area contributed by atoms with Crippen molar-refractivity contribution < 1.29 is 14.5 Å². The third-order valence-corrected chi connectivity index (χ3v) is 4.03. The van der Waals surface area contributed by atoms with Crippen LogP contribution >= 0.6 is 0 Å². The van der Waals surface area contributed by atoms with Gasteiger partial charge in [0.05, 0.1) is 12.0 Å². The summed E-state index contributed by atoms with van der Waals surface area (Å²) < 4.78 is 4.99. The minimum Gasteiger partial charge on any atom is -0.480 e. The van der Waals surface area contributed by atoms with E-state index in [0.717, 1.165) is 5.82 Å². The number of anilines is 1. The molecule has 1 saturated heterocycles. The van der Waals surface area contributed by atoms with Gasteiger partial charge in [-0.15, -0.1) is 10.2 Å². The fourth-order valence-electron chi connectivity index (χ4n) is 2.66. The van der Waals surface area contributed by atoms with Gasteiger partial charge in [0.2, 0.25) is 5.88 Å². The van der Waals surface area contributed by atoms with Crippen molar-refractivity contribution in [2.75, 3.05) is 38.2 Å². The maximum Gasteiger partial charge on any atom is 0.270 e. The Labute approximate surface area is 144 Å². The van der Waals surface area contributed by atoms with Crippen molar-refractivity contribution in [3.63, 3.8) is 0 Å². The lowest BCUT2D eigenvalue weighted by atomic mass is 10.1. The molecule has 1 amide bonds. The highest BCUT2D eigenvalue weighted by Gasteiger charge is 2.24. The molecule has 0 N–H and O–H groups in total. The monoisotopic (exact) mass is 343 g/mol. The number of hydrogen-bond acceptors (Lipinski definition) is 7. The summed E-state index contributed by atoms with van der Waals surface area (Å²) >= 11 is 0. The van der Waals surface area contributed by atoms with Gasteiger partial charge < -0.3 is 14.5 Å². The molecule has 0 spiro atoms. The van der Waals surface area contributed by atoms with Crippen molar-refractivity contribution in [1.82, 2.24) is 15.1 Å². The maximum atomic E-state index is 12.5. The van der Waals surface area contributed by atoms with Crippen LogP contribution in [0.2, 0.25) is 0 Å². The molecule has 1 aromatic heterocycles. The highest BCUT2D eigenvalue weighted by molar-refractivity contribution is 5.95. The van der Waals surface area contributed by atoms with Crippen molar-refractivity contribution in [2.24, 2.45) is 0 Å². The summed E-state index contributed by atoms with van der Waals surface area (Å²) in [7, 11) is 1.53. The second kappa shape index (κ2) is 7.12. The second-order valence-corrected chi connectivity index (χ2v) is 5.52. The van der Waals surface area contributed by atoms with Gasteiger partial charge in [0.1, 0.15) is 0 Å². The summed E-state index contributed by atoms with van der Waals surface area (Å²) in [6, 6.07) is 9.36. The lowest BCUT2D eigenvalue weighted by Crippen LogP contribution is -2.49. The first-order valence-electron chi connectivity index (χ1n) is 7.75. The lowest BCUT2D eigenvalue weighted by molar-refractivity contribution is -0.384. The SMILES string of the molecule is COc1ccc(N2CCN(C(=O)c3cccc([N+](=O)[O-])c3)CC2)nn1. The molecule has 25 heavy (non-hydrogen) atoms. The van der Waals surface area contributed by atoms with Crippen LogP contribution in [0, 0.1) is 10.1 Å². The van der Waals surface area contributed by atoms with Gasteiger partial charge in [0.15, 0.2) is 5.82 Å². The largest absolute Gasteiger partial charge is 0.480 e. The second-order valence-electron chi connectivity index (χ2n) is 5.52. The van der Waals surface area contributed by atoms with E-state index in [9.17, 15) is 14.9 Å². The number of nitrogens with zero attached hydrogens (tertiary/aromatic N) is 5. The van der Waals surface area contributed by atoms with Crippen LogP contribution in [0.3, 0.4) is 0 Å². The number of nitro groups is 1. The summed E-state index contributed by atoms with van der Waals surface area (Å²) in [5.41, 5.74) is 0.241. The number of piperazine rings is 1. The number of methoxy groups -OCH3 is 1. The molecule has 1 fully saturated rings. The molecular formula is C16H17N5O4. The van der Waals surface area contributed by atoms with Gasteiger partial charge in [-0.25, -0.2) is 0 Å². The number of aromatic nitrogens is 2. The molecule has 2 aromatic rings. The summed E-state index contributed by atoms with van der Waals surface area (Å²) in [5, 5.41) is 18.9. The number of nitro benzene ring substituents is 1. The number of non-ortho nitro benzene ring substituents is 1. The summed E-state index contributed by atoms with van der Waals surface area (Å²) in [5.74, 6) is 0.968. The predicted octanol–water partition coefficient (Wildman–Crippen LogP) is 1.36. The third kappa shape index (κ3) is 3.65. The number of ether oxygens (including phenoxy) is 1. The first kappa shape index (κ1) is 16.6. The number of carbonyl (C=O) groups excluding carboxylic acids is 1. The summed E-state index contributed by atoms with van der Waals surface area (Å²) in [4.78, 5) is 26.6. The zero-order chi connectivity index (χ0) is 17.8. The molecule has 9 heteroatoms. The molecule has 0 radical (unpaired) electrons. The molecule has 130 valence electrons. The van der Waals surface area contributed by atoms with E-state index in [0.29, 0.717) is 37.6 Å². The number of hydrogen-bond donors (Lipinski definition) is 0. The zero-order valence-corrected chi connectivity index (χ0v) is 13.7. The average molecular weight is 343 g/mol. The Morgan fingerprint density at radius 1 is 1.16 bits per heavy atom. The predicted molar refractivity (Wildman–Crippen MR) is 89.8 cm³/mol. The van der Waals surface area contributed by atoms with Crippen LogP contribution in [-0.2, 0) is 0 Å². The van der Waals surface area contributed by atoms with Crippen molar-refractivity contribution in [1.29, 1.82) is 0 Å². The number of benzene rings is 1. The smallest absolute Gasteiger partial charge is 0.270 e. The van der Waals surface area contributed by atoms with E-state index >= 15 is 0 Å². The molecule has 1 aliphatic rings. The van der Waals surface area contributed by atoms with E-state index in [2.05, 4.69) is 10.2 Å². The van der Waals surface area contributed by atoms with Gasteiger partial charge in [0, 0.05) is 49.9 Å². The van der Waals surface area contributed by atoms with Crippen molar-refractivity contribution in [3.05, 3.63) is 52.1 Å². The van der Waals surface area contributed by atoms with Gasteiger partial charge in [0.25, 0.3) is 11.6 Å². The van der Waals surface area contributed by atoms with Gasteiger partial charge in [-0.2, -0.15) is 0 Å². The number of rotatable bonds is 4. The Morgan fingerprint density at radius 3 is 2.52 bits per heavy atom. The van der Waals surface area contributed by atoms with Crippen LogP contribution in [0.25, 0.3) is 0 Å². The Kier molecular flexibility index (Phi) is 4.73. The van der Waals surface area contributed by atoms with E-state index < -0.39 is 4.92 Å². The Bertz CT molecular complexity index is 772. The molecular weight excluding hydrogens is 326 g/mol. The fourth-order valence-corrected chi connectivity index (χ4v) is 2.66. The highest BCUT2D eigenvalue weighted by atomic mass is 16.6. The Hall–Kier alpha value is -3.23. The van der Waals surface area contributed by atoms with Crippen LogP contribution in [0.5, 0.6) is 5.88 Å². The first-order chi connectivity index (χ1) is 12.1. The molecule has 0 bridgehead atoms. The molecule has 0 aliphatic carbocycles. The third-order valence-electron chi connectivity index (χ3n) is 4.03. The van der Waals surface area contributed by atoms with Crippen LogP contribution in [0.15, 0.2) is 36.4 Å². The van der Waals surface area contributed by atoms with E-state index in [4.69, 9.17) is 4.74 Å². The standard InChI is InChI=1S/C16H17N5O4/c1-25-15-6-5-14(17-18-15)19-7-9-20(10-8-19)16(22)12-3-2-4-13(11-12)21(23)24/h2-6,11H,7-10H2,1H3. The molecule has 0 atom stereocenters. The maximum absolute atomic E-state index is 12.5. The van der Waals surface area contributed by atoms with E-state index in [-0.39, 0.29) is 11.6 Å². The van der Waals surface area contributed by atoms with E-state index in [1.54, 1.807) is 17.0 Å². The number of carbonyl (C=O) groups is 1. The molecule has 3 rings (SSSR count). The minimum atomic E-state index is -0.503. The van der Waals surface area contributed by atoms with Crippen LogP contribution in [0.1, 0.15) is 10.4 Å². The highest BCUT2D eigenvalue weighted by Crippen LogP contribution is 2.18. The Morgan fingerprint density at radius 2 is 1.92 bits per heavy atom. The first-order valence-corrected chi connectivity index (χ1v) is 7.75. The summed E-state index contributed by atoms with van der Waals surface area (Å²) in [6.07, 6.45) is 0. The fraction of sp³-hybridized carbons (Fsp3) is 0.312. The van der Waals surface area contributed by atoms with Crippen LogP contribution in [0.4, 0.5) is 11.5 Å². The van der Waals surface area contributed by atoms with Crippen LogP contribution < -0.4 is 9.64 Å². The normalized spacial score (nSPS) is 14.3. The lowest BCUT2D eigenvalue weighted by Gasteiger charge is -2.35. The molecule has 1 aliphatic heterocycles. The van der Waals surface area contributed by atoms with Crippen molar-refractivity contribution in [3.8, 4) is 5.88 Å². The Balaban J connectivity index is 1.64. The molecule has 2 heterocycles. The van der Waals surface area contributed by atoms with Gasteiger partial charge in [-0.05, 0) is 12.1 Å². The van der Waals surface area contributed by atoms with Crippen molar-refractivity contribution in [2.45, 2.75) is 0 Å². The van der Waals surface area contributed by atoms with E-state index in [1.165, 1.54) is 25.3 Å². The van der Waals surface area contributed by atoms with Gasteiger partial charge in [-0.1, -0.05) is 6.07 Å². The molecule has 9 nitrogen and oxygen atoms in total. The average Bonchev–Trinajstić information content (AvgIpc) is 2.67. The summed E-state index contributed by atoms with van der Waals surface area (Å²) in [6.45, 7) is 2.24. The molecule has 0 unspecified atom stereocenters. The quantitative estimate of drug-likeness (QED) is 0.610.